The van der Waals surface area contributed by atoms with Crippen LogP contribution < -0.4 is 10.9 Å². The van der Waals surface area contributed by atoms with E-state index in [1.807, 2.05) is 38.1 Å². The Morgan fingerprint density at radius 3 is 2.54 bits per heavy atom. The van der Waals surface area contributed by atoms with Gasteiger partial charge in [-0.05, 0) is 43.5 Å². The summed E-state index contributed by atoms with van der Waals surface area (Å²) in [5.74, 6) is -0.305. The minimum absolute atomic E-state index is 0.155. The molecule has 0 aliphatic heterocycles. The lowest BCUT2D eigenvalue weighted by Gasteiger charge is -2.13. The SMILES string of the molecule is CCCCn1nc(C(=O)Nc2cccc(C)c2C)c2ccccc2c1=O. The van der Waals surface area contributed by atoms with Crippen molar-refractivity contribution in [1.29, 1.82) is 0 Å². The van der Waals surface area contributed by atoms with Crippen LogP contribution in [-0.4, -0.2) is 15.7 Å². The Hall–Kier alpha value is -2.95. The van der Waals surface area contributed by atoms with Crippen molar-refractivity contribution in [3.8, 4) is 0 Å². The lowest BCUT2D eigenvalue weighted by molar-refractivity contribution is 0.102. The Morgan fingerprint density at radius 1 is 1.08 bits per heavy atom. The maximum atomic E-state index is 12.9. The fourth-order valence-electron chi connectivity index (χ4n) is 2.93. The summed E-state index contributed by atoms with van der Waals surface area (Å²) in [6, 6.07) is 12.9. The number of nitrogens with zero attached hydrogens (tertiary/aromatic N) is 2. The largest absolute Gasteiger partial charge is 0.320 e. The van der Waals surface area contributed by atoms with E-state index >= 15 is 0 Å². The summed E-state index contributed by atoms with van der Waals surface area (Å²) in [5, 5.41) is 8.42. The van der Waals surface area contributed by atoms with Gasteiger partial charge in [0.05, 0.1) is 5.39 Å². The van der Waals surface area contributed by atoms with Gasteiger partial charge in [-0.1, -0.05) is 43.7 Å². The zero-order chi connectivity index (χ0) is 18.7. The van der Waals surface area contributed by atoms with Gasteiger partial charge >= 0.3 is 0 Å². The number of unbranched alkanes of at least 4 members (excludes halogenated alkanes) is 1. The van der Waals surface area contributed by atoms with Crippen LogP contribution in [0.4, 0.5) is 5.69 Å². The number of aromatic nitrogens is 2. The molecule has 26 heavy (non-hydrogen) atoms. The third-order valence-electron chi connectivity index (χ3n) is 4.66. The van der Waals surface area contributed by atoms with E-state index in [0.29, 0.717) is 17.3 Å². The predicted octanol–water partition coefficient (Wildman–Crippen LogP) is 4.07. The van der Waals surface area contributed by atoms with Gasteiger partial charge in [0.1, 0.15) is 0 Å². The van der Waals surface area contributed by atoms with Crippen molar-refractivity contribution in [3.63, 3.8) is 0 Å². The number of benzene rings is 2. The summed E-state index contributed by atoms with van der Waals surface area (Å²) in [7, 11) is 0. The monoisotopic (exact) mass is 349 g/mol. The van der Waals surface area contributed by atoms with Gasteiger partial charge in [-0.3, -0.25) is 9.59 Å². The van der Waals surface area contributed by atoms with Crippen LogP contribution in [0, 0.1) is 13.8 Å². The topological polar surface area (TPSA) is 64.0 Å². The van der Waals surface area contributed by atoms with E-state index in [4.69, 9.17) is 0 Å². The van der Waals surface area contributed by atoms with E-state index < -0.39 is 0 Å². The lowest BCUT2D eigenvalue weighted by atomic mass is 10.1. The molecule has 0 aliphatic carbocycles. The third kappa shape index (κ3) is 3.38. The Bertz CT molecular complexity index is 1020. The molecule has 1 heterocycles. The van der Waals surface area contributed by atoms with E-state index in [0.717, 1.165) is 29.7 Å². The highest BCUT2D eigenvalue weighted by atomic mass is 16.2. The number of aryl methyl sites for hydroxylation is 2. The van der Waals surface area contributed by atoms with Crippen molar-refractivity contribution in [2.24, 2.45) is 0 Å². The minimum atomic E-state index is -0.305. The minimum Gasteiger partial charge on any atom is -0.320 e. The molecule has 0 saturated heterocycles. The molecule has 0 fully saturated rings. The smallest absolute Gasteiger partial charge is 0.276 e. The molecule has 1 amide bonds. The molecule has 3 rings (SSSR count). The van der Waals surface area contributed by atoms with E-state index in [-0.39, 0.29) is 17.2 Å². The second-order valence-corrected chi connectivity index (χ2v) is 6.48. The quantitative estimate of drug-likeness (QED) is 0.755. The summed E-state index contributed by atoms with van der Waals surface area (Å²) in [5.41, 5.74) is 3.00. The maximum absolute atomic E-state index is 12.9. The second-order valence-electron chi connectivity index (χ2n) is 6.48. The van der Waals surface area contributed by atoms with Crippen molar-refractivity contribution >= 4 is 22.4 Å². The lowest BCUT2D eigenvalue weighted by Crippen LogP contribution is -2.27. The van der Waals surface area contributed by atoms with E-state index in [9.17, 15) is 9.59 Å². The van der Waals surface area contributed by atoms with Crippen molar-refractivity contribution in [2.75, 3.05) is 5.32 Å². The van der Waals surface area contributed by atoms with Crippen LogP contribution in [-0.2, 0) is 6.54 Å². The molecule has 0 saturated carbocycles. The predicted molar refractivity (Wildman–Crippen MR) is 105 cm³/mol. The molecule has 0 spiro atoms. The first-order valence-electron chi connectivity index (χ1n) is 8.90. The molecule has 0 unspecified atom stereocenters. The highest BCUT2D eigenvalue weighted by Crippen LogP contribution is 2.20. The Balaban J connectivity index is 2.08. The van der Waals surface area contributed by atoms with Gasteiger partial charge in [-0.25, -0.2) is 4.68 Å². The summed E-state index contributed by atoms with van der Waals surface area (Å²) in [4.78, 5) is 25.6. The number of carbonyl (C=O) groups excluding carboxylic acids is 1. The number of rotatable bonds is 5. The van der Waals surface area contributed by atoms with Crippen LogP contribution in [0.25, 0.3) is 10.8 Å². The maximum Gasteiger partial charge on any atom is 0.276 e. The van der Waals surface area contributed by atoms with Gasteiger partial charge in [-0.15, -0.1) is 0 Å². The van der Waals surface area contributed by atoms with Crippen molar-refractivity contribution < 1.29 is 4.79 Å². The van der Waals surface area contributed by atoms with E-state index in [2.05, 4.69) is 17.3 Å². The van der Waals surface area contributed by atoms with Crippen LogP contribution in [0.3, 0.4) is 0 Å². The molecule has 0 radical (unpaired) electrons. The van der Waals surface area contributed by atoms with Gasteiger partial charge < -0.3 is 5.32 Å². The average Bonchev–Trinajstić information content (AvgIpc) is 2.65. The van der Waals surface area contributed by atoms with Gasteiger partial charge in [0, 0.05) is 17.6 Å². The number of fused-ring (bicyclic) bond motifs is 1. The highest BCUT2D eigenvalue weighted by Gasteiger charge is 2.17. The second kappa shape index (κ2) is 7.52. The van der Waals surface area contributed by atoms with E-state index in [1.165, 1.54) is 4.68 Å². The van der Waals surface area contributed by atoms with Gasteiger partial charge in [0.25, 0.3) is 11.5 Å². The zero-order valence-electron chi connectivity index (χ0n) is 15.4. The first kappa shape index (κ1) is 17.9. The number of nitrogens with one attached hydrogen (secondary N) is 1. The van der Waals surface area contributed by atoms with Gasteiger partial charge in [0.15, 0.2) is 5.69 Å². The highest BCUT2D eigenvalue weighted by molar-refractivity contribution is 6.11. The van der Waals surface area contributed by atoms with Crippen LogP contribution in [0.1, 0.15) is 41.4 Å². The Labute approximate surface area is 152 Å². The molecule has 5 nitrogen and oxygen atoms in total. The van der Waals surface area contributed by atoms with E-state index in [1.54, 1.807) is 18.2 Å². The molecular weight excluding hydrogens is 326 g/mol. The summed E-state index contributed by atoms with van der Waals surface area (Å²) in [6.45, 7) is 6.53. The van der Waals surface area contributed by atoms with Gasteiger partial charge in [0.2, 0.25) is 0 Å². The molecule has 0 bridgehead atoms. The first-order chi connectivity index (χ1) is 12.5. The van der Waals surface area contributed by atoms with Crippen molar-refractivity contribution in [1.82, 2.24) is 9.78 Å². The molecule has 134 valence electrons. The number of amides is 1. The van der Waals surface area contributed by atoms with Crippen molar-refractivity contribution in [2.45, 2.75) is 40.2 Å². The van der Waals surface area contributed by atoms with Gasteiger partial charge in [-0.2, -0.15) is 5.10 Å². The van der Waals surface area contributed by atoms with Crippen LogP contribution in [0.15, 0.2) is 47.3 Å². The molecule has 1 aromatic heterocycles. The molecule has 0 atom stereocenters. The number of carbonyl (C=O) groups is 1. The van der Waals surface area contributed by atoms with Crippen LogP contribution in [0.5, 0.6) is 0 Å². The first-order valence-corrected chi connectivity index (χ1v) is 8.90. The standard InChI is InChI=1S/C21H23N3O2/c1-4-5-13-24-21(26)17-11-7-6-10-16(17)19(23-24)20(25)22-18-12-8-9-14(2)15(18)3/h6-12H,4-5,13H2,1-3H3,(H,22,25). The summed E-state index contributed by atoms with van der Waals surface area (Å²) < 4.78 is 1.41. The molecule has 0 aliphatic rings. The van der Waals surface area contributed by atoms with Crippen LogP contribution >= 0.6 is 0 Å². The van der Waals surface area contributed by atoms with Crippen molar-refractivity contribution in [3.05, 3.63) is 69.6 Å². The molecule has 2 aromatic carbocycles. The molecule has 3 aromatic rings. The number of hydrogen-bond donors (Lipinski definition) is 1. The number of anilines is 1. The fourth-order valence-corrected chi connectivity index (χ4v) is 2.93. The molecular formula is C21H23N3O2. The Morgan fingerprint density at radius 2 is 1.81 bits per heavy atom. The van der Waals surface area contributed by atoms with Crippen LogP contribution in [0.2, 0.25) is 0 Å². The molecule has 1 N–H and O–H groups in total. The summed E-state index contributed by atoms with van der Waals surface area (Å²) in [6.07, 6.45) is 1.79. The normalized spacial score (nSPS) is 10.9. The zero-order valence-corrected chi connectivity index (χ0v) is 15.4. The fraction of sp³-hybridized carbons (Fsp3) is 0.286. The number of hydrogen-bond acceptors (Lipinski definition) is 3. The third-order valence-corrected chi connectivity index (χ3v) is 4.66. The Kier molecular flexibility index (Phi) is 5.16. The summed E-state index contributed by atoms with van der Waals surface area (Å²) >= 11 is 0. The average molecular weight is 349 g/mol. The molecule has 5 heteroatoms.